The van der Waals surface area contributed by atoms with E-state index in [1.54, 1.807) is 0 Å². The summed E-state index contributed by atoms with van der Waals surface area (Å²) >= 11 is 0. The van der Waals surface area contributed by atoms with E-state index in [0.717, 1.165) is 25.8 Å². The fourth-order valence-electron chi connectivity index (χ4n) is 2.22. The van der Waals surface area contributed by atoms with Crippen LogP contribution in [0, 0.1) is 5.41 Å². The van der Waals surface area contributed by atoms with Crippen LogP contribution in [0.4, 0.5) is 0 Å². The summed E-state index contributed by atoms with van der Waals surface area (Å²) in [6, 6.07) is 0. The molecular formula is C12H25NO. The highest BCUT2D eigenvalue weighted by Gasteiger charge is 2.41. The third kappa shape index (κ3) is 3.58. The van der Waals surface area contributed by atoms with E-state index in [9.17, 15) is 5.11 Å². The second-order valence-electron chi connectivity index (χ2n) is 6.67. The van der Waals surface area contributed by atoms with E-state index in [4.69, 9.17) is 0 Å². The summed E-state index contributed by atoms with van der Waals surface area (Å²) in [7, 11) is 0. The lowest BCUT2D eigenvalue weighted by atomic mass is 9.89. The molecule has 0 aromatic carbocycles. The van der Waals surface area contributed by atoms with Crippen LogP contribution in [0.5, 0.6) is 0 Å². The van der Waals surface area contributed by atoms with Crippen LogP contribution in [0.15, 0.2) is 0 Å². The van der Waals surface area contributed by atoms with Gasteiger partial charge in [0.1, 0.15) is 0 Å². The summed E-state index contributed by atoms with van der Waals surface area (Å²) in [6.07, 6.45) is 2.99. The number of aliphatic hydroxyl groups is 1. The largest absolute Gasteiger partial charge is 0.389 e. The van der Waals surface area contributed by atoms with Crippen molar-refractivity contribution < 1.29 is 5.11 Å². The molecule has 1 aliphatic rings. The molecule has 1 atom stereocenters. The van der Waals surface area contributed by atoms with Gasteiger partial charge >= 0.3 is 0 Å². The first kappa shape index (κ1) is 12.0. The number of rotatable bonds is 2. The van der Waals surface area contributed by atoms with Crippen molar-refractivity contribution in [3.05, 3.63) is 0 Å². The zero-order valence-corrected chi connectivity index (χ0v) is 10.3. The van der Waals surface area contributed by atoms with E-state index in [1.165, 1.54) is 0 Å². The van der Waals surface area contributed by atoms with Gasteiger partial charge in [-0.1, -0.05) is 13.8 Å². The van der Waals surface area contributed by atoms with Crippen molar-refractivity contribution in [2.45, 2.75) is 65.0 Å². The Kier molecular flexibility index (Phi) is 2.99. The molecule has 2 nitrogen and oxygen atoms in total. The average Bonchev–Trinajstić information content (AvgIpc) is 2.22. The van der Waals surface area contributed by atoms with Gasteiger partial charge in [-0.15, -0.1) is 0 Å². The van der Waals surface area contributed by atoms with Crippen LogP contribution in [0.2, 0.25) is 0 Å². The monoisotopic (exact) mass is 199 g/mol. The molecule has 1 rings (SSSR count). The summed E-state index contributed by atoms with van der Waals surface area (Å²) in [5.74, 6) is 0. The van der Waals surface area contributed by atoms with Crippen LogP contribution in [0.1, 0.15) is 53.9 Å². The van der Waals surface area contributed by atoms with Crippen molar-refractivity contribution in [1.82, 2.24) is 5.32 Å². The van der Waals surface area contributed by atoms with Crippen molar-refractivity contribution in [1.29, 1.82) is 0 Å². The van der Waals surface area contributed by atoms with Gasteiger partial charge in [-0.25, -0.2) is 0 Å². The van der Waals surface area contributed by atoms with Gasteiger partial charge in [0.25, 0.3) is 0 Å². The molecule has 2 heteroatoms. The van der Waals surface area contributed by atoms with Crippen molar-refractivity contribution in [2.24, 2.45) is 5.41 Å². The molecule has 0 aromatic heterocycles. The Morgan fingerprint density at radius 3 is 2.14 bits per heavy atom. The second-order valence-corrected chi connectivity index (χ2v) is 6.67. The average molecular weight is 199 g/mol. The van der Waals surface area contributed by atoms with Crippen molar-refractivity contribution in [2.75, 3.05) is 6.54 Å². The number of hydrogen-bond acceptors (Lipinski definition) is 2. The van der Waals surface area contributed by atoms with Gasteiger partial charge in [0, 0.05) is 12.1 Å². The molecule has 0 bridgehead atoms. The lowest BCUT2D eigenvalue weighted by molar-refractivity contribution is 0.0318. The molecule has 1 aliphatic carbocycles. The zero-order chi connectivity index (χ0) is 11.0. The van der Waals surface area contributed by atoms with Crippen LogP contribution in [-0.2, 0) is 0 Å². The molecule has 2 N–H and O–H groups in total. The van der Waals surface area contributed by atoms with E-state index < -0.39 is 5.60 Å². The Bertz CT molecular complexity index is 205. The molecule has 1 saturated carbocycles. The van der Waals surface area contributed by atoms with Gasteiger partial charge in [-0.05, 0) is 45.4 Å². The minimum atomic E-state index is -0.475. The van der Waals surface area contributed by atoms with Gasteiger partial charge in [0.2, 0.25) is 0 Å². The quantitative estimate of drug-likeness (QED) is 0.715. The minimum absolute atomic E-state index is 0.0997. The van der Waals surface area contributed by atoms with Crippen LogP contribution in [-0.4, -0.2) is 22.8 Å². The Balaban J connectivity index is 2.45. The minimum Gasteiger partial charge on any atom is -0.389 e. The van der Waals surface area contributed by atoms with Crippen LogP contribution in [0.25, 0.3) is 0 Å². The van der Waals surface area contributed by atoms with Crippen molar-refractivity contribution >= 4 is 0 Å². The molecule has 0 aromatic rings. The normalized spacial score (nSPS) is 32.1. The topological polar surface area (TPSA) is 32.3 Å². The van der Waals surface area contributed by atoms with Gasteiger partial charge < -0.3 is 10.4 Å². The zero-order valence-electron chi connectivity index (χ0n) is 10.3. The lowest BCUT2D eigenvalue weighted by Gasteiger charge is -2.30. The highest BCUT2D eigenvalue weighted by atomic mass is 16.3. The highest BCUT2D eigenvalue weighted by Crippen LogP contribution is 2.43. The molecule has 14 heavy (non-hydrogen) atoms. The summed E-state index contributed by atoms with van der Waals surface area (Å²) < 4.78 is 0. The SMILES string of the molecule is CC1(C)CCC(O)(CNC(C)(C)C)C1. The summed E-state index contributed by atoms with van der Waals surface area (Å²) in [5, 5.41) is 13.7. The van der Waals surface area contributed by atoms with Crippen molar-refractivity contribution in [3.63, 3.8) is 0 Å². The van der Waals surface area contributed by atoms with E-state index in [2.05, 4.69) is 39.9 Å². The predicted octanol–water partition coefficient (Wildman–Crippen LogP) is 2.32. The van der Waals surface area contributed by atoms with Gasteiger partial charge in [0.15, 0.2) is 0 Å². The maximum Gasteiger partial charge on any atom is 0.0777 e. The molecule has 1 fully saturated rings. The molecule has 84 valence electrons. The smallest absolute Gasteiger partial charge is 0.0777 e. The molecule has 0 amide bonds. The van der Waals surface area contributed by atoms with E-state index in [-0.39, 0.29) is 5.54 Å². The summed E-state index contributed by atoms with van der Waals surface area (Å²) in [6.45, 7) is 11.6. The molecule has 1 unspecified atom stereocenters. The highest BCUT2D eigenvalue weighted by molar-refractivity contribution is 4.96. The van der Waals surface area contributed by atoms with Crippen molar-refractivity contribution in [3.8, 4) is 0 Å². The van der Waals surface area contributed by atoms with E-state index >= 15 is 0 Å². The first-order chi connectivity index (χ1) is 6.12. The third-order valence-corrected chi connectivity index (χ3v) is 3.02. The van der Waals surface area contributed by atoms with Gasteiger partial charge in [-0.2, -0.15) is 0 Å². The lowest BCUT2D eigenvalue weighted by Crippen LogP contribution is -2.46. The second kappa shape index (κ2) is 3.49. The molecule has 0 spiro atoms. The standard InChI is InChI=1S/C12H25NO/c1-10(2,3)13-9-12(14)7-6-11(4,5)8-12/h13-14H,6-9H2,1-5H3. The van der Waals surface area contributed by atoms with Gasteiger partial charge in [-0.3, -0.25) is 0 Å². The molecule has 0 saturated heterocycles. The van der Waals surface area contributed by atoms with Gasteiger partial charge in [0.05, 0.1) is 5.60 Å². The number of β-amino-alcohol motifs (C(OH)–C–C–N with tert-alkyl or cyclic N) is 1. The Labute approximate surface area is 88.1 Å². The first-order valence-corrected chi connectivity index (χ1v) is 5.59. The molecule has 0 heterocycles. The van der Waals surface area contributed by atoms with Crippen LogP contribution in [0.3, 0.4) is 0 Å². The summed E-state index contributed by atoms with van der Waals surface area (Å²) in [5.41, 5.74) is -0.0619. The number of nitrogens with one attached hydrogen (secondary N) is 1. The van der Waals surface area contributed by atoms with Crippen LogP contribution >= 0.6 is 0 Å². The Morgan fingerprint density at radius 1 is 1.21 bits per heavy atom. The van der Waals surface area contributed by atoms with E-state index in [1.807, 2.05) is 0 Å². The van der Waals surface area contributed by atoms with Crippen LogP contribution < -0.4 is 5.32 Å². The Morgan fingerprint density at radius 2 is 1.79 bits per heavy atom. The predicted molar refractivity (Wildman–Crippen MR) is 60.3 cm³/mol. The third-order valence-electron chi connectivity index (χ3n) is 3.02. The Hall–Kier alpha value is -0.0800. The number of hydrogen-bond donors (Lipinski definition) is 2. The fourth-order valence-corrected chi connectivity index (χ4v) is 2.22. The summed E-state index contributed by atoms with van der Waals surface area (Å²) in [4.78, 5) is 0. The molecular weight excluding hydrogens is 174 g/mol. The molecule has 0 radical (unpaired) electrons. The first-order valence-electron chi connectivity index (χ1n) is 5.59. The maximum absolute atomic E-state index is 10.3. The fraction of sp³-hybridized carbons (Fsp3) is 1.00. The molecule has 0 aliphatic heterocycles. The maximum atomic E-state index is 10.3. The van der Waals surface area contributed by atoms with E-state index in [0.29, 0.717) is 5.41 Å².